The van der Waals surface area contributed by atoms with E-state index in [1.807, 2.05) is 13.8 Å². The maximum atomic E-state index is 12.8. The van der Waals surface area contributed by atoms with E-state index < -0.39 is 22.5 Å². The highest BCUT2D eigenvalue weighted by Crippen LogP contribution is 2.35. The van der Waals surface area contributed by atoms with Crippen LogP contribution in [0.2, 0.25) is 0 Å². The summed E-state index contributed by atoms with van der Waals surface area (Å²) in [5.41, 5.74) is 5.65. The Morgan fingerprint density at radius 1 is 1.14 bits per heavy atom. The van der Waals surface area contributed by atoms with Crippen LogP contribution in [0.4, 0.5) is 22.1 Å². The number of nitrogens with zero attached hydrogens (tertiary/aromatic N) is 4. The molecule has 12 nitrogen and oxygen atoms in total. The molecule has 0 fully saturated rings. The second-order valence-electron chi connectivity index (χ2n) is 6.32. The summed E-state index contributed by atoms with van der Waals surface area (Å²) < 4.78 is 21.2. The van der Waals surface area contributed by atoms with Crippen LogP contribution in [0.15, 0.2) is 43.5 Å². The lowest BCUT2D eigenvalue weighted by molar-refractivity contribution is -0.383. The van der Waals surface area contributed by atoms with Gasteiger partial charge in [-0.05, 0) is 24.6 Å². The number of methoxy groups -OCH3 is 1. The van der Waals surface area contributed by atoms with Crippen LogP contribution in [0.5, 0.6) is 17.5 Å². The van der Waals surface area contributed by atoms with Gasteiger partial charge in [0.25, 0.3) is 0 Å². The van der Waals surface area contributed by atoms with Gasteiger partial charge in [-0.3, -0.25) is 15.0 Å². The van der Waals surface area contributed by atoms with Gasteiger partial charge in [0.1, 0.15) is 24.7 Å². The Balaban J connectivity index is 0.00000298. The standard InChI is InChI=1S/C21H25N5O7.C2H6/c1-5-8-32-16-11-14(10-15(12-16)30-4)13-25(21(27)31-7-3)19-17(26(28)29)18(22)23-20(24-19)33-9-6-2;1-2/h5-6,10-12H,1-2,7-9,13H2,3-4H3,(H2,22,23,24);1-2H3. The minimum Gasteiger partial charge on any atom is -0.497 e. The van der Waals surface area contributed by atoms with E-state index in [2.05, 4.69) is 23.1 Å². The third-order valence-corrected chi connectivity index (χ3v) is 4.01. The Kier molecular flexibility index (Phi) is 12.1. The SMILES string of the molecule is C=CCOc1cc(CN(C(=O)OCC)c2nc(OCC=C)nc(N)c2[N+](=O)[O-])cc(OC)c1.CC. The fourth-order valence-electron chi connectivity index (χ4n) is 2.69. The maximum absolute atomic E-state index is 12.8. The number of nitrogens with two attached hydrogens (primary N) is 1. The molecule has 0 saturated carbocycles. The average Bonchev–Trinajstić information content (AvgIpc) is 2.85. The van der Waals surface area contributed by atoms with E-state index in [-0.39, 0.29) is 38.2 Å². The quantitative estimate of drug-likeness (QED) is 0.259. The van der Waals surface area contributed by atoms with Crippen molar-refractivity contribution in [3.05, 3.63) is 59.2 Å². The molecule has 1 heterocycles. The lowest BCUT2D eigenvalue weighted by Crippen LogP contribution is -2.33. The van der Waals surface area contributed by atoms with E-state index in [9.17, 15) is 14.9 Å². The number of amides is 1. The summed E-state index contributed by atoms with van der Waals surface area (Å²) in [4.78, 5) is 32.6. The van der Waals surface area contributed by atoms with Gasteiger partial charge in [-0.25, -0.2) is 4.79 Å². The van der Waals surface area contributed by atoms with Crippen molar-refractivity contribution in [1.82, 2.24) is 9.97 Å². The molecule has 2 N–H and O–H groups in total. The molecule has 190 valence electrons. The molecule has 0 aliphatic carbocycles. The van der Waals surface area contributed by atoms with Gasteiger partial charge >= 0.3 is 17.8 Å². The molecule has 12 heteroatoms. The van der Waals surface area contributed by atoms with Gasteiger partial charge < -0.3 is 24.7 Å². The van der Waals surface area contributed by atoms with E-state index in [0.717, 1.165) is 4.90 Å². The second-order valence-corrected chi connectivity index (χ2v) is 6.32. The number of nitro groups is 1. The predicted octanol–water partition coefficient (Wildman–Crippen LogP) is 4.29. The zero-order valence-electron chi connectivity index (χ0n) is 20.4. The first-order valence-corrected chi connectivity index (χ1v) is 10.8. The average molecular weight is 490 g/mol. The van der Waals surface area contributed by atoms with Gasteiger partial charge in [-0.15, -0.1) is 0 Å². The zero-order valence-corrected chi connectivity index (χ0v) is 20.4. The third kappa shape index (κ3) is 8.18. The Hall–Kier alpha value is -4.35. The van der Waals surface area contributed by atoms with Crippen molar-refractivity contribution in [2.24, 2.45) is 0 Å². The lowest BCUT2D eigenvalue weighted by Gasteiger charge is -2.22. The van der Waals surface area contributed by atoms with Crippen LogP contribution in [0.3, 0.4) is 0 Å². The maximum Gasteiger partial charge on any atom is 0.415 e. The summed E-state index contributed by atoms with van der Waals surface area (Å²) in [5, 5.41) is 11.7. The fourth-order valence-corrected chi connectivity index (χ4v) is 2.69. The van der Waals surface area contributed by atoms with Crippen molar-refractivity contribution in [3.8, 4) is 17.5 Å². The van der Waals surface area contributed by atoms with Crippen molar-refractivity contribution in [1.29, 1.82) is 0 Å². The van der Waals surface area contributed by atoms with E-state index in [1.165, 1.54) is 13.2 Å². The van der Waals surface area contributed by atoms with Gasteiger partial charge in [0.15, 0.2) is 0 Å². The summed E-state index contributed by atoms with van der Waals surface area (Å²) in [6.07, 6.45) is 2.12. The largest absolute Gasteiger partial charge is 0.497 e. The lowest BCUT2D eigenvalue weighted by atomic mass is 10.2. The van der Waals surface area contributed by atoms with Gasteiger partial charge in [-0.1, -0.05) is 39.2 Å². The molecule has 0 aliphatic heterocycles. The summed E-state index contributed by atoms with van der Waals surface area (Å²) in [6.45, 7) is 12.8. The smallest absolute Gasteiger partial charge is 0.415 e. The molecule has 0 aliphatic rings. The molecule has 0 bridgehead atoms. The van der Waals surface area contributed by atoms with Crippen molar-refractivity contribution in [3.63, 3.8) is 0 Å². The number of hydrogen-bond donors (Lipinski definition) is 1. The molecule has 0 radical (unpaired) electrons. The van der Waals surface area contributed by atoms with Gasteiger partial charge in [0, 0.05) is 6.07 Å². The Bertz CT molecular complexity index is 1030. The highest BCUT2D eigenvalue weighted by molar-refractivity contribution is 5.90. The number of rotatable bonds is 12. The van der Waals surface area contributed by atoms with Crippen molar-refractivity contribution >= 4 is 23.4 Å². The second kappa shape index (κ2) is 14.7. The number of nitrogen functional groups attached to an aromatic ring is 1. The number of ether oxygens (including phenoxy) is 4. The molecule has 1 aromatic heterocycles. The van der Waals surface area contributed by atoms with Crippen LogP contribution in [0, 0.1) is 10.1 Å². The van der Waals surface area contributed by atoms with Crippen molar-refractivity contribution < 1.29 is 28.7 Å². The monoisotopic (exact) mass is 489 g/mol. The van der Waals surface area contributed by atoms with Gasteiger partial charge in [0.05, 0.1) is 25.2 Å². The molecule has 35 heavy (non-hydrogen) atoms. The third-order valence-electron chi connectivity index (χ3n) is 4.01. The summed E-state index contributed by atoms with van der Waals surface area (Å²) in [5.74, 6) is 0.0299. The molecule has 1 amide bonds. The van der Waals surface area contributed by atoms with E-state index >= 15 is 0 Å². The number of aromatic nitrogens is 2. The molecule has 2 rings (SSSR count). The first kappa shape index (κ1) is 28.7. The highest BCUT2D eigenvalue weighted by atomic mass is 16.6. The molecule has 0 saturated heterocycles. The molecule has 0 spiro atoms. The summed E-state index contributed by atoms with van der Waals surface area (Å²) in [6, 6.07) is 4.67. The minimum atomic E-state index is -0.884. The van der Waals surface area contributed by atoms with Crippen LogP contribution < -0.4 is 24.8 Å². The zero-order chi connectivity index (χ0) is 26.4. The summed E-state index contributed by atoms with van der Waals surface area (Å²) >= 11 is 0. The number of anilines is 2. The molecular formula is C23H31N5O7. The normalized spacial score (nSPS) is 9.71. The van der Waals surface area contributed by atoms with Crippen molar-refractivity contribution in [2.75, 3.05) is 37.6 Å². The molecule has 0 unspecified atom stereocenters. The predicted molar refractivity (Wildman–Crippen MR) is 132 cm³/mol. The number of carbonyl (C=O) groups excluding carboxylic acids is 1. The van der Waals surface area contributed by atoms with Gasteiger partial charge in [-0.2, -0.15) is 9.97 Å². The molecular weight excluding hydrogens is 458 g/mol. The number of benzene rings is 1. The fraction of sp³-hybridized carbons (Fsp3) is 0.348. The van der Waals surface area contributed by atoms with Gasteiger partial charge in [0.2, 0.25) is 11.6 Å². The first-order chi connectivity index (χ1) is 16.8. The van der Waals surface area contributed by atoms with Crippen LogP contribution in [0.25, 0.3) is 0 Å². The Morgan fingerprint density at radius 3 is 2.34 bits per heavy atom. The van der Waals surface area contributed by atoms with Crippen LogP contribution in [0.1, 0.15) is 26.3 Å². The van der Waals surface area contributed by atoms with Crippen LogP contribution >= 0.6 is 0 Å². The molecule has 0 atom stereocenters. The number of hydrogen-bond acceptors (Lipinski definition) is 10. The molecule has 1 aromatic carbocycles. The highest BCUT2D eigenvalue weighted by Gasteiger charge is 2.32. The van der Waals surface area contributed by atoms with E-state index in [4.69, 9.17) is 24.7 Å². The van der Waals surface area contributed by atoms with Crippen LogP contribution in [-0.2, 0) is 11.3 Å². The Morgan fingerprint density at radius 2 is 1.77 bits per heavy atom. The minimum absolute atomic E-state index is 0.0231. The van der Waals surface area contributed by atoms with Crippen molar-refractivity contribution in [2.45, 2.75) is 27.3 Å². The Labute approximate surface area is 204 Å². The van der Waals surface area contributed by atoms with Crippen LogP contribution in [-0.4, -0.2) is 47.9 Å². The number of carbonyl (C=O) groups is 1. The van der Waals surface area contributed by atoms with E-state index in [0.29, 0.717) is 17.1 Å². The van der Waals surface area contributed by atoms with E-state index in [1.54, 1.807) is 31.2 Å². The molecule has 2 aromatic rings. The first-order valence-electron chi connectivity index (χ1n) is 10.8. The topological polar surface area (TPSA) is 152 Å². The summed E-state index contributed by atoms with van der Waals surface area (Å²) in [7, 11) is 1.47.